The van der Waals surface area contributed by atoms with Crippen LogP contribution < -0.4 is 0 Å². The monoisotopic (exact) mass is 373 g/mol. The first kappa shape index (κ1) is 17.6. The maximum absolute atomic E-state index is 13.6. The maximum Gasteiger partial charge on any atom is 0.223 e. The SMILES string of the molecule is CC1(O)CN(C(=O)C[C@]2(c3ccc(F)cc3)C3CC4CC2C[C@](O)(C4)C3)C1. The van der Waals surface area contributed by atoms with Gasteiger partial charge in [0.05, 0.1) is 24.3 Å². The van der Waals surface area contributed by atoms with Crippen LogP contribution in [0.4, 0.5) is 4.39 Å². The van der Waals surface area contributed by atoms with Crippen molar-refractivity contribution in [1.82, 2.24) is 4.90 Å². The third-order valence-corrected chi connectivity index (χ3v) is 7.86. The molecule has 1 aliphatic heterocycles. The summed E-state index contributed by atoms with van der Waals surface area (Å²) in [5.41, 5.74) is -0.640. The Morgan fingerprint density at radius 2 is 1.70 bits per heavy atom. The van der Waals surface area contributed by atoms with Crippen LogP contribution in [0.15, 0.2) is 24.3 Å². The Labute approximate surface area is 159 Å². The summed E-state index contributed by atoms with van der Waals surface area (Å²) < 4.78 is 13.6. The minimum atomic E-state index is -0.780. The molecule has 2 N–H and O–H groups in total. The molecule has 5 fully saturated rings. The van der Waals surface area contributed by atoms with Crippen molar-refractivity contribution in [3.63, 3.8) is 0 Å². The molecule has 1 saturated heterocycles. The van der Waals surface area contributed by atoms with Crippen molar-refractivity contribution in [3.8, 4) is 0 Å². The van der Waals surface area contributed by atoms with Gasteiger partial charge in [-0.15, -0.1) is 0 Å². The van der Waals surface area contributed by atoms with Gasteiger partial charge in [-0.3, -0.25) is 4.79 Å². The number of hydrogen-bond acceptors (Lipinski definition) is 3. The van der Waals surface area contributed by atoms with Crippen LogP contribution in [0.25, 0.3) is 0 Å². The Morgan fingerprint density at radius 3 is 2.22 bits per heavy atom. The molecule has 1 amide bonds. The molecular formula is C22H28FNO3. The number of amides is 1. The standard InChI is InChI=1S/C22H28FNO3/c1-20(26)12-24(13-20)19(25)11-22(15-2-4-18(23)5-3-15)16-6-14-7-17(22)10-21(27,8-14)9-16/h2-5,14,16-17,26-27H,6-13H2,1H3/t14?,16?,17?,21-,22-. The van der Waals surface area contributed by atoms with Crippen molar-refractivity contribution >= 4 is 5.91 Å². The minimum absolute atomic E-state index is 0.0744. The van der Waals surface area contributed by atoms with Crippen LogP contribution in [0.2, 0.25) is 0 Å². The number of carbonyl (C=O) groups is 1. The highest BCUT2D eigenvalue weighted by atomic mass is 19.1. The predicted molar refractivity (Wildman–Crippen MR) is 98.4 cm³/mol. The van der Waals surface area contributed by atoms with Gasteiger partial charge in [-0.1, -0.05) is 12.1 Å². The molecule has 4 saturated carbocycles. The van der Waals surface area contributed by atoms with E-state index in [0.29, 0.717) is 25.4 Å². The topological polar surface area (TPSA) is 60.8 Å². The summed E-state index contributed by atoms with van der Waals surface area (Å²) in [5.74, 6) is 0.864. The summed E-state index contributed by atoms with van der Waals surface area (Å²) in [6, 6.07) is 6.69. The zero-order chi connectivity index (χ0) is 19.0. The van der Waals surface area contributed by atoms with E-state index >= 15 is 0 Å². The number of likely N-dealkylation sites (tertiary alicyclic amines) is 1. The molecule has 0 aromatic heterocycles. The first-order valence-electron chi connectivity index (χ1n) is 10.2. The highest BCUT2D eigenvalue weighted by Crippen LogP contribution is 2.65. The Morgan fingerprint density at radius 1 is 1.11 bits per heavy atom. The average Bonchev–Trinajstić information content (AvgIpc) is 2.55. The van der Waals surface area contributed by atoms with Crippen molar-refractivity contribution in [3.05, 3.63) is 35.6 Å². The van der Waals surface area contributed by atoms with E-state index in [-0.39, 0.29) is 29.0 Å². The van der Waals surface area contributed by atoms with Gasteiger partial charge in [-0.25, -0.2) is 4.39 Å². The van der Waals surface area contributed by atoms with Gasteiger partial charge >= 0.3 is 0 Å². The molecule has 146 valence electrons. The van der Waals surface area contributed by atoms with Gasteiger partial charge in [0.2, 0.25) is 5.91 Å². The fraction of sp³-hybridized carbons (Fsp3) is 0.682. The molecule has 4 bridgehead atoms. The number of benzene rings is 1. The van der Waals surface area contributed by atoms with E-state index in [2.05, 4.69) is 0 Å². The van der Waals surface area contributed by atoms with Gasteiger partial charge in [0, 0.05) is 11.8 Å². The fourth-order valence-electron chi connectivity index (χ4n) is 6.99. The molecule has 2 atom stereocenters. The Bertz CT molecular complexity index is 750. The van der Waals surface area contributed by atoms with Crippen molar-refractivity contribution in [1.29, 1.82) is 0 Å². The first-order chi connectivity index (χ1) is 12.7. The third-order valence-electron chi connectivity index (χ3n) is 7.86. The maximum atomic E-state index is 13.6. The summed E-state index contributed by atoms with van der Waals surface area (Å²) in [6.07, 6.45) is 4.85. The number of carbonyl (C=O) groups excluding carboxylic acids is 1. The molecule has 2 unspecified atom stereocenters. The second-order valence-corrected chi connectivity index (χ2v) is 10.0. The van der Waals surface area contributed by atoms with Crippen molar-refractivity contribution in [2.24, 2.45) is 17.8 Å². The van der Waals surface area contributed by atoms with Gasteiger partial charge < -0.3 is 15.1 Å². The van der Waals surface area contributed by atoms with Crippen LogP contribution in [0, 0.1) is 23.6 Å². The van der Waals surface area contributed by atoms with Crippen LogP contribution >= 0.6 is 0 Å². The number of aliphatic hydroxyl groups is 2. The lowest BCUT2D eigenvalue weighted by Gasteiger charge is -2.64. The van der Waals surface area contributed by atoms with E-state index in [1.54, 1.807) is 11.8 Å². The highest BCUT2D eigenvalue weighted by Gasteiger charge is 2.63. The van der Waals surface area contributed by atoms with Crippen LogP contribution in [0.1, 0.15) is 51.0 Å². The molecule has 1 aromatic carbocycles. The minimum Gasteiger partial charge on any atom is -0.390 e. The Kier molecular flexibility index (Phi) is 3.62. The number of β-amino-alcohol motifs (C(OH)–C–C–N with tert-alkyl or cyclic N) is 1. The van der Waals surface area contributed by atoms with Crippen molar-refractivity contribution < 1.29 is 19.4 Å². The van der Waals surface area contributed by atoms with Crippen LogP contribution in [0.5, 0.6) is 0 Å². The fourth-order valence-corrected chi connectivity index (χ4v) is 6.99. The molecule has 0 spiro atoms. The van der Waals surface area contributed by atoms with E-state index < -0.39 is 11.2 Å². The normalized spacial score (nSPS) is 41.5. The van der Waals surface area contributed by atoms with Crippen LogP contribution in [-0.2, 0) is 10.2 Å². The van der Waals surface area contributed by atoms with Crippen molar-refractivity contribution in [2.75, 3.05) is 13.1 Å². The summed E-state index contributed by atoms with van der Waals surface area (Å²) in [4.78, 5) is 14.8. The Hall–Kier alpha value is -1.46. The molecular weight excluding hydrogens is 345 g/mol. The molecule has 27 heavy (non-hydrogen) atoms. The van der Waals surface area contributed by atoms with Crippen LogP contribution in [-0.4, -0.2) is 45.3 Å². The van der Waals surface area contributed by atoms with E-state index in [1.165, 1.54) is 12.1 Å². The van der Waals surface area contributed by atoms with Gasteiger partial charge in [0.15, 0.2) is 0 Å². The molecule has 1 aromatic rings. The van der Waals surface area contributed by atoms with E-state index in [4.69, 9.17) is 0 Å². The summed E-state index contributed by atoms with van der Waals surface area (Å²) in [5, 5.41) is 21.0. The predicted octanol–water partition coefficient (Wildman–Crippen LogP) is 2.62. The number of nitrogens with zero attached hydrogens (tertiary/aromatic N) is 1. The number of halogens is 1. The summed E-state index contributed by atoms with van der Waals surface area (Å²) in [7, 11) is 0. The second-order valence-electron chi connectivity index (χ2n) is 10.0. The Balaban J connectivity index is 1.51. The van der Waals surface area contributed by atoms with Gasteiger partial charge in [-0.05, 0) is 74.5 Å². The zero-order valence-corrected chi connectivity index (χ0v) is 15.8. The lowest BCUT2D eigenvalue weighted by atomic mass is 9.41. The molecule has 1 heterocycles. The summed E-state index contributed by atoms with van der Waals surface area (Å²) in [6.45, 7) is 2.52. The van der Waals surface area contributed by atoms with E-state index in [9.17, 15) is 19.4 Å². The lowest BCUT2D eigenvalue weighted by Crippen LogP contribution is -2.65. The highest BCUT2D eigenvalue weighted by molar-refractivity contribution is 5.79. The van der Waals surface area contributed by atoms with Gasteiger partial charge in [0.25, 0.3) is 0 Å². The largest absolute Gasteiger partial charge is 0.390 e. The molecule has 4 nitrogen and oxygen atoms in total. The molecule has 4 aliphatic carbocycles. The second kappa shape index (κ2) is 5.54. The lowest BCUT2D eigenvalue weighted by molar-refractivity contribution is -0.177. The quantitative estimate of drug-likeness (QED) is 0.856. The average molecular weight is 373 g/mol. The van der Waals surface area contributed by atoms with Gasteiger partial charge in [-0.2, -0.15) is 0 Å². The number of hydrogen-bond donors (Lipinski definition) is 2. The summed E-state index contributed by atoms with van der Waals surface area (Å²) >= 11 is 0. The molecule has 5 heteroatoms. The van der Waals surface area contributed by atoms with E-state index in [0.717, 1.165) is 37.7 Å². The van der Waals surface area contributed by atoms with E-state index in [1.807, 2.05) is 12.1 Å². The van der Waals surface area contributed by atoms with Crippen molar-refractivity contribution in [2.45, 2.75) is 62.1 Å². The molecule has 0 radical (unpaired) electrons. The van der Waals surface area contributed by atoms with Crippen LogP contribution in [0.3, 0.4) is 0 Å². The zero-order valence-electron chi connectivity index (χ0n) is 15.8. The third kappa shape index (κ3) is 2.65. The first-order valence-corrected chi connectivity index (χ1v) is 10.2. The molecule has 5 aliphatic rings. The number of rotatable bonds is 3. The van der Waals surface area contributed by atoms with Gasteiger partial charge in [0.1, 0.15) is 5.82 Å². The smallest absolute Gasteiger partial charge is 0.223 e. The molecule has 6 rings (SSSR count).